The van der Waals surface area contributed by atoms with Gasteiger partial charge >= 0.3 is 5.97 Å². The molecule has 0 amide bonds. The number of halogens is 1. The van der Waals surface area contributed by atoms with E-state index in [1.165, 1.54) is 0 Å². The Morgan fingerprint density at radius 3 is 2.44 bits per heavy atom. The zero-order chi connectivity index (χ0) is 12.3. The van der Waals surface area contributed by atoms with Crippen LogP contribution in [0.25, 0.3) is 0 Å². The van der Waals surface area contributed by atoms with E-state index in [1.54, 1.807) is 6.08 Å². The number of ether oxygens (including phenoxy) is 1. The Labute approximate surface area is 110 Å². The van der Waals surface area contributed by atoms with E-state index >= 15 is 0 Å². The van der Waals surface area contributed by atoms with E-state index in [0.29, 0.717) is 10.8 Å². The molecule has 0 aromatic carbocycles. The molecule has 1 spiro atoms. The van der Waals surface area contributed by atoms with Crippen molar-refractivity contribution < 1.29 is 9.53 Å². The van der Waals surface area contributed by atoms with Gasteiger partial charge in [-0.25, -0.2) is 0 Å². The van der Waals surface area contributed by atoms with Crippen LogP contribution in [0.5, 0.6) is 0 Å². The summed E-state index contributed by atoms with van der Waals surface area (Å²) in [5, 5.41) is 0.534. The third-order valence-electron chi connectivity index (χ3n) is 4.37. The minimum absolute atomic E-state index is 0.0325. The third-order valence-corrected chi connectivity index (χ3v) is 4.69. The van der Waals surface area contributed by atoms with E-state index in [1.807, 2.05) is 30.4 Å². The lowest BCUT2D eigenvalue weighted by atomic mass is 9.86. The van der Waals surface area contributed by atoms with Gasteiger partial charge in [0.1, 0.15) is 5.76 Å². The molecule has 0 aromatic rings. The topological polar surface area (TPSA) is 26.3 Å². The van der Waals surface area contributed by atoms with Crippen LogP contribution in [0.4, 0.5) is 0 Å². The van der Waals surface area contributed by atoms with Crippen LogP contribution in [0, 0.1) is 23.2 Å². The summed E-state index contributed by atoms with van der Waals surface area (Å²) in [5.41, 5.74) is -0.443. The van der Waals surface area contributed by atoms with Crippen LogP contribution in [-0.2, 0) is 9.53 Å². The molecule has 1 saturated heterocycles. The largest absolute Gasteiger partial charge is 0.428 e. The summed E-state index contributed by atoms with van der Waals surface area (Å²) in [5.74, 6) is 0.957. The summed E-state index contributed by atoms with van der Waals surface area (Å²) in [6, 6.07) is 0. The van der Waals surface area contributed by atoms with Crippen LogP contribution in [0.2, 0.25) is 0 Å². The van der Waals surface area contributed by atoms with Crippen LogP contribution in [-0.4, -0.2) is 5.97 Å². The molecule has 90 valence electrons. The van der Waals surface area contributed by atoms with Gasteiger partial charge in [0.2, 0.25) is 0 Å². The van der Waals surface area contributed by atoms with Crippen LogP contribution < -0.4 is 0 Å². The Kier molecular flexibility index (Phi) is 1.89. The zero-order valence-electron chi connectivity index (χ0n) is 9.55. The minimum Gasteiger partial charge on any atom is -0.428 e. The lowest BCUT2D eigenvalue weighted by Gasteiger charge is -2.11. The first-order chi connectivity index (χ1) is 8.76. The lowest BCUT2D eigenvalue weighted by molar-refractivity contribution is -0.141. The molecule has 1 aliphatic heterocycles. The predicted octanol–water partition coefficient (Wildman–Crippen LogP) is 3.09. The third kappa shape index (κ3) is 1.03. The number of allylic oxidation sites excluding steroid dienone is 9. The molecule has 0 N–H and O–H groups in total. The number of fused-ring (bicyclic) bond motifs is 5. The number of carbonyl (C=O) groups excluding carboxylic acids is 1. The van der Waals surface area contributed by atoms with Crippen LogP contribution in [0.1, 0.15) is 0 Å². The smallest absolute Gasteiger partial charge is 0.319 e. The number of carbonyl (C=O) groups is 1. The van der Waals surface area contributed by atoms with Crippen LogP contribution in [0.3, 0.4) is 0 Å². The molecule has 2 fully saturated rings. The SMILES string of the molecule is O=C1OC2=C(Cl)C=CC=C[C@H]2C12[C@@H]1C=CC=C[C@H]12. The second kappa shape index (κ2) is 3.27. The average molecular weight is 259 g/mol. The molecule has 1 saturated carbocycles. The normalized spacial score (nSPS) is 42.9. The van der Waals surface area contributed by atoms with Crippen molar-refractivity contribution in [2.45, 2.75) is 0 Å². The molecule has 4 aliphatic rings. The predicted molar refractivity (Wildman–Crippen MR) is 68.4 cm³/mol. The Morgan fingerprint density at radius 2 is 1.72 bits per heavy atom. The van der Waals surface area contributed by atoms with E-state index in [0.717, 1.165) is 0 Å². The Morgan fingerprint density at radius 1 is 1.06 bits per heavy atom. The molecule has 3 atom stereocenters. The quantitative estimate of drug-likeness (QED) is 0.624. The fraction of sp³-hybridized carbons (Fsp3) is 0.267. The second-order valence-electron chi connectivity index (χ2n) is 5.08. The summed E-state index contributed by atoms with van der Waals surface area (Å²) in [7, 11) is 0. The van der Waals surface area contributed by atoms with E-state index in [2.05, 4.69) is 12.2 Å². The van der Waals surface area contributed by atoms with Crippen molar-refractivity contribution in [3.8, 4) is 0 Å². The molecular weight excluding hydrogens is 248 g/mol. The first-order valence-electron chi connectivity index (χ1n) is 6.08. The highest BCUT2D eigenvalue weighted by atomic mass is 35.5. The fourth-order valence-corrected chi connectivity index (χ4v) is 3.74. The Hall–Kier alpha value is -1.54. The van der Waals surface area contributed by atoms with Crippen molar-refractivity contribution in [3.63, 3.8) is 0 Å². The summed E-state index contributed by atoms with van der Waals surface area (Å²) in [4.78, 5) is 12.3. The van der Waals surface area contributed by atoms with Gasteiger partial charge < -0.3 is 4.74 Å². The van der Waals surface area contributed by atoms with E-state index in [4.69, 9.17) is 16.3 Å². The summed E-state index contributed by atoms with van der Waals surface area (Å²) in [6.07, 6.45) is 15.9. The average Bonchev–Trinajstić information content (AvgIpc) is 3.00. The lowest BCUT2D eigenvalue weighted by Crippen LogP contribution is -2.19. The highest BCUT2D eigenvalue weighted by molar-refractivity contribution is 6.31. The van der Waals surface area contributed by atoms with Gasteiger partial charge in [0.05, 0.1) is 16.4 Å². The van der Waals surface area contributed by atoms with Gasteiger partial charge in [0, 0.05) is 11.8 Å². The molecule has 2 nitrogen and oxygen atoms in total. The second-order valence-corrected chi connectivity index (χ2v) is 5.48. The molecule has 3 aliphatic carbocycles. The molecular formula is C15H11ClO2. The van der Waals surface area contributed by atoms with Gasteiger partial charge in [0.15, 0.2) is 0 Å². The molecule has 1 heterocycles. The molecule has 18 heavy (non-hydrogen) atoms. The molecule has 0 bridgehead atoms. The number of rotatable bonds is 0. The van der Waals surface area contributed by atoms with Gasteiger partial charge in [-0.1, -0.05) is 54.1 Å². The highest BCUT2D eigenvalue weighted by Gasteiger charge is 2.75. The highest BCUT2D eigenvalue weighted by Crippen LogP contribution is 2.71. The van der Waals surface area contributed by atoms with Crippen molar-refractivity contribution in [1.29, 1.82) is 0 Å². The standard InChI is InChI=1S/C15H11ClO2/c16-12-8-4-3-7-11-13(12)18-14(17)15(11)9-5-1-2-6-10(9)15/h1-11H/t9-,10-,11-/m1/s1. The van der Waals surface area contributed by atoms with Gasteiger partial charge in [-0.15, -0.1) is 0 Å². The number of esters is 1. The molecule has 3 heteroatoms. The van der Waals surface area contributed by atoms with Gasteiger partial charge in [-0.05, 0) is 6.08 Å². The van der Waals surface area contributed by atoms with Crippen molar-refractivity contribution >= 4 is 17.6 Å². The van der Waals surface area contributed by atoms with Crippen molar-refractivity contribution in [3.05, 3.63) is 59.4 Å². The van der Waals surface area contributed by atoms with Crippen molar-refractivity contribution in [2.75, 3.05) is 0 Å². The van der Waals surface area contributed by atoms with Gasteiger partial charge in [-0.2, -0.15) is 0 Å². The molecule has 0 radical (unpaired) electrons. The van der Waals surface area contributed by atoms with Gasteiger partial charge in [0.25, 0.3) is 0 Å². The Balaban J connectivity index is 1.88. The maximum atomic E-state index is 12.3. The monoisotopic (exact) mass is 258 g/mol. The molecule has 4 rings (SSSR count). The maximum Gasteiger partial charge on any atom is 0.319 e. The van der Waals surface area contributed by atoms with Crippen molar-refractivity contribution in [2.24, 2.45) is 23.2 Å². The number of hydrogen-bond donors (Lipinski definition) is 0. The minimum atomic E-state index is -0.443. The van der Waals surface area contributed by atoms with Crippen LogP contribution in [0.15, 0.2) is 59.4 Å². The summed E-state index contributed by atoms with van der Waals surface area (Å²) >= 11 is 6.18. The van der Waals surface area contributed by atoms with E-state index in [9.17, 15) is 4.79 Å². The summed E-state index contributed by atoms with van der Waals surface area (Å²) < 4.78 is 5.47. The summed E-state index contributed by atoms with van der Waals surface area (Å²) in [6.45, 7) is 0. The fourth-order valence-electron chi connectivity index (χ4n) is 3.51. The van der Waals surface area contributed by atoms with Gasteiger partial charge in [-0.3, -0.25) is 4.79 Å². The van der Waals surface area contributed by atoms with E-state index < -0.39 is 5.41 Å². The molecule has 0 unspecified atom stereocenters. The first kappa shape index (κ1) is 10.4. The van der Waals surface area contributed by atoms with E-state index in [-0.39, 0.29) is 23.7 Å². The Bertz CT molecular complexity index is 574. The van der Waals surface area contributed by atoms with Crippen LogP contribution >= 0.6 is 11.6 Å². The maximum absolute atomic E-state index is 12.3. The molecule has 0 aromatic heterocycles. The van der Waals surface area contributed by atoms with Crippen molar-refractivity contribution in [1.82, 2.24) is 0 Å². The zero-order valence-corrected chi connectivity index (χ0v) is 10.3. The number of hydrogen-bond acceptors (Lipinski definition) is 2. The first-order valence-corrected chi connectivity index (χ1v) is 6.46.